The largest absolute Gasteiger partial charge is 0.367 e. The number of anilines is 2. The Morgan fingerprint density at radius 3 is 2.30 bits per heavy atom. The van der Waals surface area contributed by atoms with Crippen LogP contribution >= 0.6 is 0 Å². The molecular formula is C22H28FN3O. The first-order chi connectivity index (χ1) is 12.9. The number of hydrogen-bond acceptors (Lipinski definition) is 3. The van der Waals surface area contributed by atoms with Gasteiger partial charge in [0.25, 0.3) is 0 Å². The van der Waals surface area contributed by atoms with E-state index in [9.17, 15) is 9.18 Å². The quantitative estimate of drug-likeness (QED) is 0.868. The van der Waals surface area contributed by atoms with E-state index in [2.05, 4.69) is 34.2 Å². The van der Waals surface area contributed by atoms with Crippen molar-refractivity contribution in [3.05, 3.63) is 58.9 Å². The number of carbonyl (C=O) groups is 1. The van der Waals surface area contributed by atoms with E-state index in [1.54, 1.807) is 6.07 Å². The highest BCUT2D eigenvalue weighted by molar-refractivity contribution is 5.92. The Labute approximate surface area is 161 Å². The Balaban J connectivity index is 1.48. The minimum atomic E-state index is -0.172. The van der Waals surface area contributed by atoms with Crippen molar-refractivity contribution in [3.63, 3.8) is 0 Å². The molecule has 1 heterocycles. The van der Waals surface area contributed by atoms with E-state index in [4.69, 9.17) is 0 Å². The second kappa shape index (κ2) is 8.53. The first-order valence-electron chi connectivity index (χ1n) is 9.53. The highest BCUT2D eigenvalue weighted by Gasteiger charge is 2.19. The predicted octanol–water partition coefficient (Wildman–Crippen LogP) is 3.90. The molecule has 1 aliphatic heterocycles. The zero-order valence-corrected chi connectivity index (χ0v) is 16.4. The van der Waals surface area contributed by atoms with Gasteiger partial charge >= 0.3 is 0 Å². The number of amides is 1. The van der Waals surface area contributed by atoms with Gasteiger partial charge in [0.15, 0.2) is 0 Å². The summed E-state index contributed by atoms with van der Waals surface area (Å²) >= 11 is 0. The fraction of sp³-hybridized carbons (Fsp3) is 0.409. The molecule has 5 heteroatoms. The van der Waals surface area contributed by atoms with Crippen molar-refractivity contribution in [1.29, 1.82) is 0 Å². The third kappa shape index (κ3) is 4.86. The molecular weight excluding hydrogens is 341 g/mol. The maximum Gasteiger partial charge on any atom is 0.225 e. The van der Waals surface area contributed by atoms with Gasteiger partial charge < -0.3 is 10.2 Å². The average Bonchev–Trinajstić information content (AvgIpc) is 2.64. The second-order valence-electron chi connectivity index (χ2n) is 7.35. The number of nitrogens with zero attached hydrogens (tertiary/aromatic N) is 2. The zero-order chi connectivity index (χ0) is 19.4. The van der Waals surface area contributed by atoms with E-state index in [0.717, 1.165) is 49.5 Å². The summed E-state index contributed by atoms with van der Waals surface area (Å²) in [6, 6.07) is 11.1. The molecule has 0 atom stereocenters. The minimum absolute atomic E-state index is 0.0431. The topological polar surface area (TPSA) is 35.6 Å². The molecule has 2 aromatic carbocycles. The van der Waals surface area contributed by atoms with Gasteiger partial charge in [0.2, 0.25) is 5.91 Å². The van der Waals surface area contributed by atoms with Crippen LogP contribution in [0, 0.1) is 26.6 Å². The standard InChI is InChI=1S/C22H28FN3O/c1-16-14-17(2)22(18(3)15-16)24-21(27)8-9-25-10-12-26(13-11-25)20-7-5-4-6-19(20)23/h4-7,14-15H,8-13H2,1-3H3,(H,24,27). The molecule has 144 valence electrons. The van der Waals surface area contributed by atoms with Crippen LogP contribution in [-0.2, 0) is 4.79 Å². The summed E-state index contributed by atoms with van der Waals surface area (Å²) in [6.45, 7) is 10.1. The number of aryl methyl sites for hydroxylation is 3. The van der Waals surface area contributed by atoms with Crippen molar-refractivity contribution in [1.82, 2.24) is 4.90 Å². The fourth-order valence-electron chi connectivity index (χ4n) is 3.76. The van der Waals surface area contributed by atoms with Crippen molar-refractivity contribution in [2.24, 2.45) is 0 Å². The van der Waals surface area contributed by atoms with Crippen LogP contribution in [0.5, 0.6) is 0 Å². The van der Waals surface area contributed by atoms with Crippen LogP contribution in [0.3, 0.4) is 0 Å². The summed E-state index contributed by atoms with van der Waals surface area (Å²) in [5.74, 6) is -0.129. The molecule has 1 saturated heterocycles. The summed E-state index contributed by atoms with van der Waals surface area (Å²) in [6.07, 6.45) is 0.465. The van der Waals surface area contributed by atoms with E-state index in [-0.39, 0.29) is 11.7 Å². The third-order valence-electron chi connectivity index (χ3n) is 5.16. The molecule has 1 N–H and O–H groups in total. The summed E-state index contributed by atoms with van der Waals surface area (Å²) in [7, 11) is 0. The molecule has 0 aliphatic carbocycles. The van der Waals surface area contributed by atoms with Gasteiger partial charge in [-0.15, -0.1) is 0 Å². The van der Waals surface area contributed by atoms with Crippen LogP contribution in [-0.4, -0.2) is 43.5 Å². The summed E-state index contributed by atoms with van der Waals surface area (Å²) in [5, 5.41) is 3.06. The van der Waals surface area contributed by atoms with Gasteiger partial charge in [-0.3, -0.25) is 9.69 Å². The number of para-hydroxylation sites is 1. The lowest BCUT2D eigenvalue weighted by molar-refractivity contribution is -0.116. The number of benzene rings is 2. The summed E-state index contributed by atoms with van der Waals surface area (Å²) in [4.78, 5) is 16.7. The molecule has 1 fully saturated rings. The van der Waals surface area contributed by atoms with Gasteiger partial charge in [-0.25, -0.2) is 4.39 Å². The van der Waals surface area contributed by atoms with E-state index in [1.165, 1.54) is 11.6 Å². The number of halogens is 1. The Bertz CT molecular complexity index is 790. The van der Waals surface area contributed by atoms with Crippen molar-refractivity contribution >= 4 is 17.3 Å². The van der Waals surface area contributed by atoms with Crippen LogP contribution in [0.1, 0.15) is 23.1 Å². The van der Waals surface area contributed by atoms with Crippen molar-refractivity contribution in [3.8, 4) is 0 Å². The molecule has 1 amide bonds. The zero-order valence-electron chi connectivity index (χ0n) is 16.4. The van der Waals surface area contributed by atoms with Gasteiger partial charge in [0, 0.05) is 44.8 Å². The highest BCUT2D eigenvalue weighted by Crippen LogP contribution is 2.22. The van der Waals surface area contributed by atoms with Crippen molar-refractivity contribution in [2.45, 2.75) is 27.2 Å². The van der Waals surface area contributed by atoms with Gasteiger partial charge in [-0.05, 0) is 44.0 Å². The molecule has 1 aliphatic rings. The second-order valence-corrected chi connectivity index (χ2v) is 7.35. The maximum absolute atomic E-state index is 13.9. The number of carbonyl (C=O) groups excluding carboxylic acids is 1. The Morgan fingerprint density at radius 2 is 1.67 bits per heavy atom. The maximum atomic E-state index is 13.9. The fourth-order valence-corrected chi connectivity index (χ4v) is 3.76. The molecule has 4 nitrogen and oxygen atoms in total. The van der Waals surface area contributed by atoms with E-state index in [1.807, 2.05) is 26.0 Å². The van der Waals surface area contributed by atoms with Crippen LogP contribution in [0.25, 0.3) is 0 Å². The lowest BCUT2D eigenvalue weighted by Crippen LogP contribution is -2.47. The third-order valence-corrected chi connectivity index (χ3v) is 5.16. The summed E-state index contributed by atoms with van der Waals surface area (Å²) < 4.78 is 13.9. The highest BCUT2D eigenvalue weighted by atomic mass is 19.1. The van der Waals surface area contributed by atoms with Crippen LogP contribution < -0.4 is 10.2 Å². The van der Waals surface area contributed by atoms with Crippen molar-refractivity contribution < 1.29 is 9.18 Å². The van der Waals surface area contributed by atoms with Gasteiger partial charge in [0.1, 0.15) is 5.82 Å². The molecule has 0 unspecified atom stereocenters. The van der Waals surface area contributed by atoms with Crippen LogP contribution in [0.4, 0.5) is 15.8 Å². The Morgan fingerprint density at radius 1 is 1.04 bits per heavy atom. The van der Waals surface area contributed by atoms with Gasteiger partial charge in [-0.2, -0.15) is 0 Å². The van der Waals surface area contributed by atoms with E-state index >= 15 is 0 Å². The van der Waals surface area contributed by atoms with Gasteiger partial charge in [-0.1, -0.05) is 29.8 Å². The first-order valence-corrected chi connectivity index (χ1v) is 9.53. The SMILES string of the molecule is Cc1cc(C)c(NC(=O)CCN2CCN(c3ccccc3F)CC2)c(C)c1. The molecule has 2 aromatic rings. The number of piperazine rings is 1. The van der Waals surface area contributed by atoms with Gasteiger partial charge in [0.05, 0.1) is 5.69 Å². The summed E-state index contributed by atoms with van der Waals surface area (Å²) in [5.41, 5.74) is 4.99. The number of hydrogen-bond donors (Lipinski definition) is 1. The molecule has 3 rings (SSSR count). The van der Waals surface area contributed by atoms with Crippen LogP contribution in [0.15, 0.2) is 36.4 Å². The van der Waals surface area contributed by atoms with E-state index < -0.39 is 0 Å². The first kappa shape index (κ1) is 19.4. The minimum Gasteiger partial charge on any atom is -0.367 e. The lowest BCUT2D eigenvalue weighted by Gasteiger charge is -2.36. The normalized spacial score (nSPS) is 15.0. The lowest BCUT2D eigenvalue weighted by atomic mass is 10.0. The Hall–Kier alpha value is -2.40. The van der Waals surface area contributed by atoms with Crippen molar-refractivity contribution in [2.75, 3.05) is 42.9 Å². The molecule has 0 aromatic heterocycles. The number of rotatable bonds is 5. The Kier molecular flexibility index (Phi) is 6.11. The number of nitrogens with one attached hydrogen (secondary N) is 1. The smallest absolute Gasteiger partial charge is 0.225 e. The van der Waals surface area contributed by atoms with Crippen LogP contribution in [0.2, 0.25) is 0 Å². The molecule has 0 bridgehead atoms. The average molecular weight is 369 g/mol. The monoisotopic (exact) mass is 369 g/mol. The molecule has 0 spiro atoms. The molecule has 0 radical (unpaired) electrons. The van der Waals surface area contributed by atoms with E-state index in [0.29, 0.717) is 12.1 Å². The molecule has 27 heavy (non-hydrogen) atoms. The molecule has 0 saturated carbocycles. The predicted molar refractivity (Wildman–Crippen MR) is 109 cm³/mol.